The molecule has 0 saturated carbocycles. The van der Waals surface area contributed by atoms with Crippen molar-refractivity contribution in [2.24, 2.45) is 0 Å². The molecule has 2 atom stereocenters. The normalized spacial score (nSPS) is 13.6. The number of esters is 2. The fourth-order valence-corrected chi connectivity index (χ4v) is 4.33. The van der Waals surface area contributed by atoms with E-state index in [9.17, 15) is 19.5 Å². The predicted octanol–water partition coefficient (Wildman–Crippen LogP) is 7.18. The van der Waals surface area contributed by atoms with Gasteiger partial charge in [0.2, 0.25) is 0 Å². The molecule has 8 heteroatoms. The molecule has 0 aromatic heterocycles. The molecule has 0 fully saturated rings. The Labute approximate surface area is 255 Å². The van der Waals surface area contributed by atoms with E-state index in [0.717, 1.165) is 38.5 Å². The number of unbranched alkanes of at least 4 members (excludes halogenated alkanes) is 8. The maximum atomic E-state index is 12.4. The summed E-state index contributed by atoms with van der Waals surface area (Å²) in [6, 6.07) is -0.623. The second kappa shape index (κ2) is 26.2. The highest BCUT2D eigenvalue weighted by atomic mass is 16.6. The van der Waals surface area contributed by atoms with Crippen molar-refractivity contribution < 1.29 is 38.2 Å². The minimum atomic E-state index is -0.890. The van der Waals surface area contributed by atoms with Gasteiger partial charge in [-0.3, -0.25) is 9.59 Å². The van der Waals surface area contributed by atoms with Crippen LogP contribution in [0, 0.1) is 0 Å². The molecule has 0 bridgehead atoms. The molecule has 0 aliphatic rings. The van der Waals surface area contributed by atoms with Crippen molar-refractivity contribution in [1.29, 1.82) is 0 Å². The summed E-state index contributed by atoms with van der Waals surface area (Å²) >= 11 is 0. The van der Waals surface area contributed by atoms with Gasteiger partial charge in [-0.15, -0.1) is 0 Å². The number of carbonyl (C=O) groups excluding carboxylic acids is 2. The first-order chi connectivity index (χ1) is 20.1. The third-order valence-electron chi connectivity index (χ3n) is 6.84. The first-order valence-electron chi connectivity index (χ1n) is 16.0. The van der Waals surface area contributed by atoms with Crippen molar-refractivity contribution in [3.05, 3.63) is 36.5 Å². The van der Waals surface area contributed by atoms with Gasteiger partial charge in [0.05, 0.1) is 40.8 Å². The van der Waals surface area contributed by atoms with Gasteiger partial charge in [-0.1, -0.05) is 102 Å². The number of hydrogen-bond donors (Lipinski definition) is 1. The molecule has 0 amide bonds. The van der Waals surface area contributed by atoms with Crippen LogP contribution in [0.3, 0.4) is 0 Å². The lowest BCUT2D eigenvalue weighted by molar-refractivity contribution is -0.887. The van der Waals surface area contributed by atoms with Gasteiger partial charge in [-0.25, -0.2) is 4.79 Å². The number of aliphatic carboxylic acids is 1. The fraction of sp³-hybridized carbons (Fsp3) is 0.735. The summed E-state index contributed by atoms with van der Waals surface area (Å²) in [7, 11) is 5.47. The average Bonchev–Trinajstić information content (AvgIpc) is 2.92. The Morgan fingerprint density at radius 2 is 1.31 bits per heavy atom. The quantitative estimate of drug-likeness (QED) is 0.0465. The first-order valence-corrected chi connectivity index (χ1v) is 16.0. The van der Waals surface area contributed by atoms with Crippen molar-refractivity contribution >= 4 is 17.9 Å². The third kappa shape index (κ3) is 24.2. The molecule has 0 aliphatic carbocycles. The Morgan fingerprint density at radius 1 is 0.738 bits per heavy atom. The number of rotatable bonds is 27. The highest BCUT2D eigenvalue weighted by Crippen LogP contribution is 2.12. The second-order valence-corrected chi connectivity index (χ2v) is 11.7. The van der Waals surface area contributed by atoms with Crippen LogP contribution in [0.5, 0.6) is 0 Å². The van der Waals surface area contributed by atoms with E-state index in [1.165, 1.54) is 38.5 Å². The van der Waals surface area contributed by atoms with Crippen LogP contribution in [-0.4, -0.2) is 80.6 Å². The molecule has 42 heavy (non-hydrogen) atoms. The SMILES string of the molecule is CC/C=C/C/C=C/C/C=C/CC(=O)OC(COCCC(C(=O)O)[N+](C)(C)C)COC(=O)CCCCCCCCCCC. The maximum absolute atomic E-state index is 12.4. The van der Waals surface area contributed by atoms with E-state index in [-0.39, 0.29) is 36.7 Å². The zero-order chi connectivity index (χ0) is 31.5. The van der Waals surface area contributed by atoms with Gasteiger partial charge in [0.1, 0.15) is 6.61 Å². The molecular weight excluding hydrogens is 534 g/mol. The van der Waals surface area contributed by atoms with E-state index in [0.29, 0.717) is 12.8 Å². The molecule has 242 valence electrons. The van der Waals surface area contributed by atoms with Crippen molar-refractivity contribution in [3.8, 4) is 0 Å². The summed E-state index contributed by atoms with van der Waals surface area (Å²) in [5, 5.41) is 9.52. The molecule has 0 aliphatic heterocycles. The molecule has 0 aromatic carbocycles. The van der Waals surface area contributed by atoms with Gasteiger partial charge < -0.3 is 23.8 Å². The third-order valence-corrected chi connectivity index (χ3v) is 6.84. The minimum Gasteiger partial charge on any atom is -0.477 e. The van der Waals surface area contributed by atoms with Gasteiger partial charge in [-0.2, -0.15) is 0 Å². The molecule has 0 radical (unpaired) electrons. The van der Waals surface area contributed by atoms with Crippen LogP contribution in [0.15, 0.2) is 36.5 Å². The number of hydrogen-bond acceptors (Lipinski definition) is 6. The van der Waals surface area contributed by atoms with Crippen molar-refractivity contribution in [2.75, 3.05) is 41.0 Å². The Kier molecular flexibility index (Phi) is 24.7. The lowest BCUT2D eigenvalue weighted by atomic mass is 10.1. The van der Waals surface area contributed by atoms with Crippen LogP contribution in [0.2, 0.25) is 0 Å². The van der Waals surface area contributed by atoms with E-state index < -0.39 is 24.1 Å². The fourth-order valence-electron chi connectivity index (χ4n) is 4.33. The minimum absolute atomic E-state index is 0.0261. The summed E-state index contributed by atoms with van der Waals surface area (Å²) in [5.41, 5.74) is 0. The zero-order valence-corrected chi connectivity index (χ0v) is 27.2. The van der Waals surface area contributed by atoms with Crippen molar-refractivity contribution in [2.45, 2.75) is 122 Å². The standard InChI is InChI=1S/C34H59NO7/c1-6-8-10-12-14-16-18-20-22-24-32(36)41-29-30(28-40-27-26-31(34(38)39)35(3,4)5)42-33(37)25-23-21-19-17-15-13-11-9-7-2/h9,11,15,17,21,23,30-31H,6-8,10,12-14,16,18-20,22,24-29H2,1-5H3/p+1/b11-9+,17-15+,23-21+. The second-order valence-electron chi connectivity index (χ2n) is 11.7. The van der Waals surface area contributed by atoms with Gasteiger partial charge in [0.15, 0.2) is 12.1 Å². The van der Waals surface area contributed by atoms with Gasteiger partial charge in [-0.05, 0) is 25.7 Å². The van der Waals surface area contributed by atoms with Crippen LogP contribution in [0.4, 0.5) is 0 Å². The van der Waals surface area contributed by atoms with E-state index in [4.69, 9.17) is 14.2 Å². The molecule has 2 unspecified atom stereocenters. The van der Waals surface area contributed by atoms with Gasteiger partial charge in [0.25, 0.3) is 0 Å². The first kappa shape index (κ1) is 39.5. The monoisotopic (exact) mass is 594 g/mol. The summed E-state index contributed by atoms with van der Waals surface area (Å²) < 4.78 is 16.9. The lowest BCUT2D eigenvalue weighted by Crippen LogP contribution is -2.50. The van der Waals surface area contributed by atoms with E-state index in [1.54, 1.807) is 6.08 Å². The van der Waals surface area contributed by atoms with Gasteiger partial charge >= 0.3 is 17.9 Å². The molecule has 0 saturated heterocycles. The maximum Gasteiger partial charge on any atom is 0.362 e. The highest BCUT2D eigenvalue weighted by molar-refractivity contribution is 5.72. The van der Waals surface area contributed by atoms with Crippen LogP contribution < -0.4 is 0 Å². The Hall–Kier alpha value is -2.45. The molecule has 1 N–H and O–H groups in total. The molecule has 0 heterocycles. The summed E-state index contributed by atoms with van der Waals surface area (Å²) in [5.74, 6) is -1.63. The predicted molar refractivity (Wildman–Crippen MR) is 169 cm³/mol. The van der Waals surface area contributed by atoms with Crippen LogP contribution in [0.1, 0.15) is 110 Å². The number of allylic oxidation sites excluding steroid dienone is 5. The Bertz CT molecular complexity index is 798. The highest BCUT2D eigenvalue weighted by Gasteiger charge is 2.31. The number of likely N-dealkylation sites (N-methyl/N-ethyl adjacent to an activating group) is 1. The molecule has 0 rings (SSSR count). The Balaban J connectivity index is 4.63. The summed E-state index contributed by atoms with van der Waals surface area (Å²) in [6.45, 7) is 4.44. The van der Waals surface area contributed by atoms with Crippen molar-refractivity contribution in [3.63, 3.8) is 0 Å². The van der Waals surface area contributed by atoms with Crippen LogP contribution in [0.25, 0.3) is 0 Å². The Morgan fingerprint density at radius 3 is 1.88 bits per heavy atom. The van der Waals surface area contributed by atoms with Crippen LogP contribution >= 0.6 is 0 Å². The lowest BCUT2D eigenvalue weighted by Gasteiger charge is -2.31. The van der Waals surface area contributed by atoms with E-state index in [1.807, 2.05) is 33.3 Å². The molecule has 0 aromatic rings. The summed E-state index contributed by atoms with van der Waals surface area (Å²) in [6.07, 6.45) is 25.2. The zero-order valence-electron chi connectivity index (χ0n) is 27.2. The van der Waals surface area contributed by atoms with Gasteiger partial charge in [0, 0.05) is 12.8 Å². The number of carboxylic acid groups (broad SMARTS) is 1. The van der Waals surface area contributed by atoms with E-state index >= 15 is 0 Å². The smallest absolute Gasteiger partial charge is 0.362 e. The van der Waals surface area contributed by atoms with Crippen molar-refractivity contribution in [1.82, 2.24) is 0 Å². The number of carboxylic acids is 1. The number of nitrogens with zero attached hydrogens (tertiary/aromatic N) is 1. The topological polar surface area (TPSA) is 99.1 Å². The number of ether oxygens (including phenoxy) is 3. The van der Waals surface area contributed by atoms with Crippen LogP contribution in [-0.2, 0) is 28.6 Å². The van der Waals surface area contributed by atoms with E-state index in [2.05, 4.69) is 32.1 Å². The number of quaternary nitrogens is 1. The largest absolute Gasteiger partial charge is 0.477 e. The average molecular weight is 595 g/mol. The molecule has 0 spiro atoms. The molecular formula is C34H60NO7+. The molecule has 8 nitrogen and oxygen atoms in total. The summed E-state index contributed by atoms with van der Waals surface area (Å²) in [4.78, 5) is 36.4. The number of carbonyl (C=O) groups is 3.